The largest absolute Gasteiger partial charge is 0.391 e. The Labute approximate surface area is 95.0 Å². The molecule has 1 aliphatic heterocycles. The Kier molecular flexibility index (Phi) is 4.62. The van der Waals surface area contributed by atoms with E-state index in [0.29, 0.717) is 13.1 Å². The van der Waals surface area contributed by atoms with Gasteiger partial charge in [-0.05, 0) is 39.3 Å². The molecule has 96 valence electrons. The average Bonchev–Trinajstić information content (AvgIpc) is 2.26. The quantitative estimate of drug-likeness (QED) is 0.818. The number of piperidine rings is 1. The van der Waals surface area contributed by atoms with Crippen LogP contribution in [0.25, 0.3) is 0 Å². The highest BCUT2D eigenvalue weighted by molar-refractivity contribution is 4.83. The highest BCUT2D eigenvalue weighted by Crippen LogP contribution is 2.34. The van der Waals surface area contributed by atoms with Crippen molar-refractivity contribution in [2.24, 2.45) is 11.7 Å². The molecule has 0 radical (unpaired) electrons. The van der Waals surface area contributed by atoms with Crippen molar-refractivity contribution in [2.45, 2.75) is 51.4 Å². The molecule has 0 saturated carbocycles. The standard InChI is InChI=1S/C11H21F3N2/c1-3-10(15)8(2)16-6-4-9(5-7-16)11(12,13)14/h8-10H,3-7,15H2,1-2H3. The summed E-state index contributed by atoms with van der Waals surface area (Å²) in [6, 6.07) is 0.238. The smallest absolute Gasteiger partial charge is 0.326 e. The minimum absolute atomic E-state index is 0.0578. The summed E-state index contributed by atoms with van der Waals surface area (Å²) in [6.45, 7) is 5.03. The molecule has 0 spiro atoms. The molecule has 0 bridgehead atoms. The summed E-state index contributed by atoms with van der Waals surface area (Å²) in [4.78, 5) is 2.08. The van der Waals surface area contributed by atoms with Gasteiger partial charge >= 0.3 is 6.18 Å². The van der Waals surface area contributed by atoms with Crippen LogP contribution in [0.1, 0.15) is 33.1 Å². The number of rotatable bonds is 3. The van der Waals surface area contributed by atoms with E-state index in [1.54, 1.807) is 0 Å². The molecule has 1 heterocycles. The van der Waals surface area contributed by atoms with E-state index in [0.717, 1.165) is 6.42 Å². The molecule has 5 heteroatoms. The Hall–Kier alpha value is -0.290. The summed E-state index contributed by atoms with van der Waals surface area (Å²) in [6.07, 6.45) is -2.74. The first kappa shape index (κ1) is 13.8. The first-order valence-corrected chi connectivity index (χ1v) is 5.92. The van der Waals surface area contributed by atoms with Crippen LogP contribution in [0.3, 0.4) is 0 Å². The Morgan fingerprint density at radius 1 is 1.31 bits per heavy atom. The van der Waals surface area contributed by atoms with Gasteiger partial charge in [-0.1, -0.05) is 6.92 Å². The minimum Gasteiger partial charge on any atom is -0.326 e. The molecule has 0 aliphatic carbocycles. The second kappa shape index (κ2) is 5.36. The van der Waals surface area contributed by atoms with E-state index in [4.69, 9.17) is 5.73 Å². The van der Waals surface area contributed by atoms with E-state index in [9.17, 15) is 13.2 Å². The van der Waals surface area contributed by atoms with Crippen molar-refractivity contribution in [3.63, 3.8) is 0 Å². The highest BCUT2D eigenvalue weighted by atomic mass is 19.4. The van der Waals surface area contributed by atoms with Gasteiger partial charge < -0.3 is 5.73 Å². The van der Waals surface area contributed by atoms with Gasteiger partial charge in [0, 0.05) is 12.1 Å². The Morgan fingerprint density at radius 3 is 2.19 bits per heavy atom. The Balaban J connectivity index is 2.43. The Morgan fingerprint density at radius 2 is 1.81 bits per heavy atom. The zero-order valence-corrected chi connectivity index (χ0v) is 9.93. The van der Waals surface area contributed by atoms with Gasteiger partial charge in [-0.25, -0.2) is 0 Å². The molecule has 1 aliphatic rings. The lowest BCUT2D eigenvalue weighted by atomic mass is 9.94. The van der Waals surface area contributed by atoms with E-state index in [-0.39, 0.29) is 24.9 Å². The molecule has 2 unspecified atom stereocenters. The van der Waals surface area contributed by atoms with Crippen molar-refractivity contribution in [3.05, 3.63) is 0 Å². The van der Waals surface area contributed by atoms with E-state index >= 15 is 0 Å². The maximum absolute atomic E-state index is 12.5. The fraction of sp³-hybridized carbons (Fsp3) is 1.00. The molecule has 2 atom stereocenters. The lowest BCUT2D eigenvalue weighted by Crippen LogP contribution is -2.50. The van der Waals surface area contributed by atoms with Gasteiger partial charge in [0.1, 0.15) is 0 Å². The lowest BCUT2D eigenvalue weighted by molar-refractivity contribution is -0.186. The second-order valence-electron chi connectivity index (χ2n) is 4.66. The number of nitrogens with zero attached hydrogens (tertiary/aromatic N) is 1. The molecule has 1 saturated heterocycles. The number of nitrogens with two attached hydrogens (primary N) is 1. The van der Waals surface area contributed by atoms with Crippen LogP contribution in [0.2, 0.25) is 0 Å². The fourth-order valence-electron chi connectivity index (χ4n) is 2.25. The van der Waals surface area contributed by atoms with Crippen molar-refractivity contribution in [3.8, 4) is 0 Å². The van der Waals surface area contributed by atoms with Gasteiger partial charge in [-0.3, -0.25) is 4.90 Å². The molecular formula is C11H21F3N2. The van der Waals surface area contributed by atoms with E-state index in [1.807, 2.05) is 13.8 Å². The first-order valence-electron chi connectivity index (χ1n) is 5.92. The molecule has 0 aromatic rings. The minimum atomic E-state index is -4.03. The molecular weight excluding hydrogens is 217 g/mol. The van der Waals surface area contributed by atoms with Crippen molar-refractivity contribution >= 4 is 0 Å². The van der Waals surface area contributed by atoms with Crippen LogP contribution < -0.4 is 5.73 Å². The van der Waals surface area contributed by atoms with Crippen molar-refractivity contribution in [1.29, 1.82) is 0 Å². The topological polar surface area (TPSA) is 29.3 Å². The number of hydrogen-bond donors (Lipinski definition) is 1. The van der Waals surface area contributed by atoms with E-state index in [1.165, 1.54) is 0 Å². The first-order chi connectivity index (χ1) is 7.36. The summed E-state index contributed by atoms with van der Waals surface area (Å²) >= 11 is 0. The number of likely N-dealkylation sites (tertiary alicyclic amines) is 1. The molecule has 0 aromatic heterocycles. The van der Waals surface area contributed by atoms with Crippen LogP contribution in [0, 0.1) is 5.92 Å². The van der Waals surface area contributed by atoms with Gasteiger partial charge in [-0.2, -0.15) is 13.2 Å². The van der Waals surface area contributed by atoms with Crippen LogP contribution in [0.5, 0.6) is 0 Å². The Bertz CT molecular complexity index is 210. The van der Waals surface area contributed by atoms with Crippen LogP contribution in [-0.2, 0) is 0 Å². The molecule has 1 rings (SSSR count). The van der Waals surface area contributed by atoms with Crippen LogP contribution in [0.4, 0.5) is 13.2 Å². The maximum atomic E-state index is 12.5. The van der Waals surface area contributed by atoms with Gasteiger partial charge in [0.25, 0.3) is 0 Å². The number of alkyl halides is 3. The molecule has 0 aromatic carbocycles. The number of halogens is 3. The van der Waals surface area contributed by atoms with Crippen molar-refractivity contribution in [1.82, 2.24) is 4.90 Å². The molecule has 0 amide bonds. The van der Waals surface area contributed by atoms with Crippen LogP contribution in [0.15, 0.2) is 0 Å². The summed E-state index contributed by atoms with van der Waals surface area (Å²) < 4.78 is 37.4. The number of hydrogen-bond acceptors (Lipinski definition) is 2. The lowest BCUT2D eigenvalue weighted by Gasteiger charge is -2.38. The fourth-order valence-corrected chi connectivity index (χ4v) is 2.25. The molecule has 16 heavy (non-hydrogen) atoms. The summed E-state index contributed by atoms with van der Waals surface area (Å²) in [5.74, 6) is -1.12. The van der Waals surface area contributed by atoms with Crippen LogP contribution >= 0.6 is 0 Å². The van der Waals surface area contributed by atoms with E-state index < -0.39 is 12.1 Å². The monoisotopic (exact) mass is 238 g/mol. The normalized spacial score (nSPS) is 24.4. The summed E-state index contributed by atoms with van der Waals surface area (Å²) in [5, 5.41) is 0. The van der Waals surface area contributed by atoms with Gasteiger partial charge in [0.05, 0.1) is 5.92 Å². The third-order valence-corrected chi connectivity index (χ3v) is 3.66. The third kappa shape index (κ3) is 3.35. The van der Waals surface area contributed by atoms with E-state index in [2.05, 4.69) is 4.90 Å². The van der Waals surface area contributed by atoms with Gasteiger partial charge in [0.2, 0.25) is 0 Å². The molecule has 2 nitrogen and oxygen atoms in total. The van der Waals surface area contributed by atoms with Gasteiger partial charge in [-0.15, -0.1) is 0 Å². The van der Waals surface area contributed by atoms with Gasteiger partial charge in [0.15, 0.2) is 0 Å². The predicted octanol–water partition coefficient (Wildman–Crippen LogP) is 2.39. The predicted molar refractivity (Wildman–Crippen MR) is 58.1 cm³/mol. The van der Waals surface area contributed by atoms with Crippen LogP contribution in [-0.4, -0.2) is 36.2 Å². The second-order valence-corrected chi connectivity index (χ2v) is 4.66. The zero-order valence-electron chi connectivity index (χ0n) is 9.93. The average molecular weight is 238 g/mol. The summed E-state index contributed by atoms with van der Waals surface area (Å²) in [5.41, 5.74) is 5.90. The maximum Gasteiger partial charge on any atom is 0.391 e. The summed E-state index contributed by atoms with van der Waals surface area (Å²) in [7, 11) is 0. The highest BCUT2D eigenvalue weighted by Gasteiger charge is 2.41. The third-order valence-electron chi connectivity index (χ3n) is 3.66. The van der Waals surface area contributed by atoms with Crippen molar-refractivity contribution in [2.75, 3.05) is 13.1 Å². The SMILES string of the molecule is CCC(N)C(C)N1CCC(C(F)(F)F)CC1. The molecule has 2 N–H and O–H groups in total. The van der Waals surface area contributed by atoms with Crippen molar-refractivity contribution < 1.29 is 13.2 Å². The molecule has 1 fully saturated rings. The zero-order chi connectivity index (χ0) is 12.3.